The molecule has 0 radical (unpaired) electrons. The van der Waals surface area contributed by atoms with Crippen LogP contribution in [0.15, 0.2) is 30.5 Å². The number of rotatable bonds is 3. The van der Waals surface area contributed by atoms with Crippen molar-refractivity contribution in [1.82, 2.24) is 4.57 Å². The minimum absolute atomic E-state index is 0.126. The Balaban J connectivity index is 2.63. The maximum atomic E-state index is 8.90. The van der Waals surface area contributed by atoms with Crippen LogP contribution in [0.4, 0.5) is 0 Å². The first kappa shape index (κ1) is 10.1. The van der Waals surface area contributed by atoms with Gasteiger partial charge in [-0.1, -0.05) is 24.4 Å². The molecule has 0 aliphatic rings. The number of hydrogen-bond donors (Lipinski definition) is 2. The van der Waals surface area contributed by atoms with Gasteiger partial charge >= 0.3 is 0 Å². The highest BCUT2D eigenvalue weighted by molar-refractivity contribution is 7.80. The number of nitrogens with zero attached hydrogens (tertiary/aromatic N) is 1. The highest BCUT2D eigenvalue weighted by Gasteiger charge is 2.06. The largest absolute Gasteiger partial charge is 0.395 e. The van der Waals surface area contributed by atoms with Crippen LogP contribution in [-0.2, 0) is 6.54 Å². The van der Waals surface area contributed by atoms with Crippen molar-refractivity contribution < 1.29 is 5.11 Å². The van der Waals surface area contributed by atoms with Gasteiger partial charge in [-0.05, 0) is 12.1 Å². The van der Waals surface area contributed by atoms with Crippen LogP contribution in [0.25, 0.3) is 10.9 Å². The second-order valence-electron chi connectivity index (χ2n) is 3.34. The molecule has 0 saturated carbocycles. The molecule has 2 aromatic rings. The average Bonchev–Trinajstić information content (AvgIpc) is 2.62. The Bertz CT molecular complexity index is 504. The van der Waals surface area contributed by atoms with Gasteiger partial charge in [-0.15, -0.1) is 0 Å². The summed E-state index contributed by atoms with van der Waals surface area (Å²) in [6, 6.07) is 7.80. The number of aromatic nitrogens is 1. The highest BCUT2D eigenvalue weighted by atomic mass is 32.1. The summed E-state index contributed by atoms with van der Waals surface area (Å²) in [7, 11) is 0. The Labute approximate surface area is 93.1 Å². The summed E-state index contributed by atoms with van der Waals surface area (Å²) in [5.74, 6) is 0. The summed E-state index contributed by atoms with van der Waals surface area (Å²) >= 11 is 4.98. The Hall–Kier alpha value is -1.39. The minimum Gasteiger partial charge on any atom is -0.395 e. The maximum Gasteiger partial charge on any atom is 0.104 e. The van der Waals surface area contributed by atoms with E-state index in [0.29, 0.717) is 11.5 Å². The summed E-state index contributed by atoms with van der Waals surface area (Å²) in [6.45, 7) is 0.714. The van der Waals surface area contributed by atoms with Gasteiger partial charge in [0.1, 0.15) is 4.99 Å². The van der Waals surface area contributed by atoms with Crippen LogP contribution >= 0.6 is 12.2 Å². The van der Waals surface area contributed by atoms with Crippen LogP contribution in [0.2, 0.25) is 0 Å². The van der Waals surface area contributed by atoms with Crippen LogP contribution in [0.3, 0.4) is 0 Å². The fraction of sp³-hybridized carbons (Fsp3) is 0.182. The van der Waals surface area contributed by atoms with Crippen molar-refractivity contribution in [2.75, 3.05) is 6.61 Å². The molecular formula is C11H12N2OS. The predicted molar refractivity (Wildman–Crippen MR) is 64.9 cm³/mol. The van der Waals surface area contributed by atoms with Crippen molar-refractivity contribution in [3.8, 4) is 0 Å². The molecular weight excluding hydrogens is 208 g/mol. The smallest absolute Gasteiger partial charge is 0.104 e. The first-order valence-corrected chi connectivity index (χ1v) is 5.13. The number of benzene rings is 1. The van der Waals surface area contributed by atoms with Crippen molar-refractivity contribution in [2.24, 2.45) is 5.73 Å². The molecule has 0 atom stereocenters. The first-order valence-electron chi connectivity index (χ1n) is 4.72. The Morgan fingerprint density at radius 1 is 1.40 bits per heavy atom. The van der Waals surface area contributed by atoms with Gasteiger partial charge in [0, 0.05) is 29.2 Å². The summed E-state index contributed by atoms with van der Waals surface area (Å²) in [4.78, 5) is 0.405. The lowest BCUT2D eigenvalue weighted by molar-refractivity contribution is 0.278. The molecule has 0 spiro atoms. The van der Waals surface area contributed by atoms with Gasteiger partial charge in [0.15, 0.2) is 0 Å². The van der Waals surface area contributed by atoms with E-state index in [9.17, 15) is 0 Å². The average molecular weight is 220 g/mol. The van der Waals surface area contributed by atoms with Crippen LogP contribution < -0.4 is 5.73 Å². The van der Waals surface area contributed by atoms with Crippen LogP contribution in [0, 0.1) is 0 Å². The number of fused-ring (bicyclic) bond motifs is 1. The second kappa shape index (κ2) is 4.00. The van der Waals surface area contributed by atoms with E-state index in [-0.39, 0.29) is 6.61 Å². The molecule has 1 aromatic heterocycles. The lowest BCUT2D eigenvalue weighted by Gasteiger charge is -2.04. The lowest BCUT2D eigenvalue weighted by atomic mass is 10.1. The Morgan fingerprint density at radius 3 is 2.87 bits per heavy atom. The zero-order chi connectivity index (χ0) is 10.8. The zero-order valence-electron chi connectivity index (χ0n) is 8.18. The summed E-state index contributed by atoms with van der Waals surface area (Å²) < 4.78 is 1.98. The maximum absolute atomic E-state index is 8.90. The normalized spacial score (nSPS) is 10.7. The summed E-state index contributed by atoms with van der Waals surface area (Å²) in [5, 5.41) is 9.94. The third-order valence-corrected chi connectivity index (χ3v) is 2.64. The minimum atomic E-state index is 0.126. The predicted octanol–water partition coefficient (Wildman–Crippen LogP) is 1.27. The molecule has 0 unspecified atom stereocenters. The highest BCUT2D eigenvalue weighted by Crippen LogP contribution is 2.20. The van der Waals surface area contributed by atoms with E-state index in [4.69, 9.17) is 23.1 Å². The molecule has 0 amide bonds. The molecule has 4 heteroatoms. The van der Waals surface area contributed by atoms with E-state index in [1.807, 2.05) is 35.0 Å². The monoisotopic (exact) mass is 220 g/mol. The van der Waals surface area contributed by atoms with Gasteiger partial charge in [0.25, 0.3) is 0 Å². The number of aliphatic hydroxyl groups is 1. The van der Waals surface area contributed by atoms with Gasteiger partial charge < -0.3 is 15.4 Å². The fourth-order valence-corrected chi connectivity index (χ4v) is 1.92. The summed E-state index contributed by atoms with van der Waals surface area (Å²) in [5.41, 5.74) is 7.57. The number of hydrogen-bond acceptors (Lipinski definition) is 2. The molecule has 0 bridgehead atoms. The SMILES string of the molecule is NC(=S)c1cccc2c1ccn2CCO. The molecule has 0 saturated heterocycles. The van der Waals surface area contributed by atoms with Crippen molar-refractivity contribution in [2.45, 2.75) is 6.54 Å². The van der Waals surface area contributed by atoms with Gasteiger partial charge in [0.2, 0.25) is 0 Å². The molecule has 0 aliphatic carbocycles. The van der Waals surface area contributed by atoms with E-state index >= 15 is 0 Å². The van der Waals surface area contributed by atoms with Crippen molar-refractivity contribution >= 4 is 28.1 Å². The number of aliphatic hydroxyl groups excluding tert-OH is 1. The third-order valence-electron chi connectivity index (χ3n) is 2.42. The summed E-state index contributed by atoms with van der Waals surface area (Å²) in [6.07, 6.45) is 1.93. The van der Waals surface area contributed by atoms with Crippen molar-refractivity contribution in [1.29, 1.82) is 0 Å². The quantitative estimate of drug-likeness (QED) is 0.766. The van der Waals surface area contributed by atoms with Crippen LogP contribution in [0.5, 0.6) is 0 Å². The number of thiocarbonyl (C=S) groups is 1. The molecule has 1 aromatic carbocycles. The second-order valence-corrected chi connectivity index (χ2v) is 3.78. The first-order chi connectivity index (χ1) is 7.24. The third kappa shape index (κ3) is 1.73. The lowest BCUT2D eigenvalue weighted by Crippen LogP contribution is -2.09. The molecule has 15 heavy (non-hydrogen) atoms. The topological polar surface area (TPSA) is 51.2 Å². The fourth-order valence-electron chi connectivity index (χ4n) is 1.74. The van der Waals surface area contributed by atoms with Crippen molar-refractivity contribution in [3.63, 3.8) is 0 Å². The molecule has 1 heterocycles. The van der Waals surface area contributed by atoms with Gasteiger partial charge in [0.05, 0.1) is 6.61 Å². The van der Waals surface area contributed by atoms with E-state index in [1.165, 1.54) is 0 Å². The van der Waals surface area contributed by atoms with Crippen LogP contribution in [0.1, 0.15) is 5.56 Å². The van der Waals surface area contributed by atoms with Crippen molar-refractivity contribution in [3.05, 3.63) is 36.0 Å². The molecule has 0 fully saturated rings. The molecule has 0 aliphatic heterocycles. The van der Waals surface area contributed by atoms with E-state index in [2.05, 4.69) is 0 Å². The van der Waals surface area contributed by atoms with Gasteiger partial charge in [-0.2, -0.15) is 0 Å². The van der Waals surface area contributed by atoms with E-state index in [1.54, 1.807) is 0 Å². The molecule has 2 rings (SSSR count). The standard InChI is InChI=1S/C11H12N2OS/c12-11(15)9-2-1-3-10-8(9)4-5-13(10)6-7-14/h1-5,14H,6-7H2,(H2,12,15). The Kier molecular flexibility index (Phi) is 2.70. The van der Waals surface area contributed by atoms with E-state index < -0.39 is 0 Å². The molecule has 3 N–H and O–H groups in total. The molecule has 3 nitrogen and oxygen atoms in total. The van der Waals surface area contributed by atoms with Gasteiger partial charge in [-0.25, -0.2) is 0 Å². The van der Waals surface area contributed by atoms with E-state index in [0.717, 1.165) is 16.5 Å². The molecule has 78 valence electrons. The van der Waals surface area contributed by atoms with Gasteiger partial charge in [-0.3, -0.25) is 0 Å². The zero-order valence-corrected chi connectivity index (χ0v) is 9.00. The van der Waals surface area contributed by atoms with Crippen LogP contribution in [-0.4, -0.2) is 21.3 Å². The number of nitrogens with two attached hydrogens (primary N) is 1. The Morgan fingerprint density at radius 2 is 2.20 bits per heavy atom.